The lowest BCUT2D eigenvalue weighted by Gasteiger charge is -2.36. The molecule has 0 spiro atoms. The number of aryl methyl sites for hydroxylation is 1. The molecule has 0 unspecified atom stereocenters. The predicted molar refractivity (Wildman–Crippen MR) is 122 cm³/mol. The minimum atomic E-state index is -0.894. The molecule has 2 heterocycles. The van der Waals surface area contributed by atoms with E-state index >= 15 is 0 Å². The molecule has 3 aromatic rings. The van der Waals surface area contributed by atoms with Gasteiger partial charge in [-0.05, 0) is 53.4 Å². The Morgan fingerprint density at radius 3 is 2.32 bits per heavy atom. The molecule has 0 atom stereocenters. The fraction of sp³-hybridized carbons (Fsp3) is 0.280. The van der Waals surface area contributed by atoms with Crippen molar-refractivity contribution < 1.29 is 15.0 Å². The summed E-state index contributed by atoms with van der Waals surface area (Å²) in [6.07, 6.45) is 4.17. The Bertz CT molecular complexity index is 1060. The molecule has 2 aromatic carbocycles. The van der Waals surface area contributed by atoms with Gasteiger partial charge in [0.2, 0.25) is 0 Å². The van der Waals surface area contributed by atoms with Crippen molar-refractivity contribution in [2.45, 2.75) is 19.9 Å². The first-order chi connectivity index (χ1) is 15.0. The van der Waals surface area contributed by atoms with Crippen LogP contribution in [0.1, 0.15) is 28.4 Å². The number of pyridine rings is 1. The fourth-order valence-corrected chi connectivity index (χ4v) is 4.09. The first kappa shape index (κ1) is 20.9. The molecule has 1 aromatic heterocycles. The SMILES string of the molecule is CCc1cc(-c2cncc(O)c2)ccc1CN1CCN(c2ccc(C(=O)O)cc2)CC1. The summed E-state index contributed by atoms with van der Waals surface area (Å²) in [5.41, 5.74) is 6.02. The van der Waals surface area contributed by atoms with Gasteiger partial charge < -0.3 is 15.1 Å². The monoisotopic (exact) mass is 417 g/mol. The number of piperazine rings is 1. The number of nitrogens with zero attached hydrogens (tertiary/aromatic N) is 3. The third-order valence-electron chi connectivity index (χ3n) is 5.89. The second-order valence-electron chi connectivity index (χ2n) is 7.88. The van der Waals surface area contributed by atoms with Crippen LogP contribution in [0.2, 0.25) is 0 Å². The normalized spacial score (nSPS) is 14.5. The number of aromatic hydroxyl groups is 1. The van der Waals surface area contributed by atoms with Crippen LogP contribution in [-0.4, -0.2) is 52.2 Å². The van der Waals surface area contributed by atoms with Crippen molar-refractivity contribution in [3.05, 3.63) is 77.6 Å². The smallest absolute Gasteiger partial charge is 0.335 e. The van der Waals surface area contributed by atoms with E-state index in [9.17, 15) is 9.90 Å². The first-order valence-electron chi connectivity index (χ1n) is 10.6. The second-order valence-corrected chi connectivity index (χ2v) is 7.88. The lowest BCUT2D eigenvalue weighted by molar-refractivity contribution is 0.0697. The molecule has 1 saturated heterocycles. The molecule has 0 amide bonds. The zero-order valence-corrected chi connectivity index (χ0v) is 17.7. The Balaban J connectivity index is 1.40. The van der Waals surface area contributed by atoms with Gasteiger partial charge in [-0.25, -0.2) is 4.79 Å². The van der Waals surface area contributed by atoms with Gasteiger partial charge in [0.1, 0.15) is 5.75 Å². The average Bonchev–Trinajstić information content (AvgIpc) is 2.80. The molecule has 6 nitrogen and oxygen atoms in total. The van der Waals surface area contributed by atoms with Gasteiger partial charge in [0, 0.05) is 50.2 Å². The molecule has 31 heavy (non-hydrogen) atoms. The minimum Gasteiger partial charge on any atom is -0.506 e. The van der Waals surface area contributed by atoms with Crippen LogP contribution >= 0.6 is 0 Å². The molecule has 0 bridgehead atoms. The summed E-state index contributed by atoms with van der Waals surface area (Å²) in [5, 5.41) is 18.8. The van der Waals surface area contributed by atoms with E-state index in [0.717, 1.165) is 56.0 Å². The highest BCUT2D eigenvalue weighted by Gasteiger charge is 2.18. The van der Waals surface area contributed by atoms with E-state index < -0.39 is 5.97 Å². The summed E-state index contributed by atoms with van der Waals surface area (Å²) in [7, 11) is 0. The third kappa shape index (κ3) is 4.86. The van der Waals surface area contributed by atoms with E-state index in [0.29, 0.717) is 5.56 Å². The van der Waals surface area contributed by atoms with Gasteiger partial charge in [-0.1, -0.05) is 25.1 Å². The fourth-order valence-electron chi connectivity index (χ4n) is 4.09. The summed E-state index contributed by atoms with van der Waals surface area (Å²) in [6.45, 7) is 6.83. The molecule has 4 rings (SSSR count). The maximum atomic E-state index is 11.0. The van der Waals surface area contributed by atoms with Gasteiger partial charge in [-0.15, -0.1) is 0 Å². The topological polar surface area (TPSA) is 76.9 Å². The molecule has 0 aliphatic carbocycles. The quantitative estimate of drug-likeness (QED) is 0.630. The molecule has 160 valence electrons. The van der Waals surface area contributed by atoms with Crippen molar-refractivity contribution in [3.8, 4) is 16.9 Å². The van der Waals surface area contributed by atoms with Gasteiger partial charge in [-0.2, -0.15) is 0 Å². The standard InChI is InChI=1S/C25H27N3O3/c1-2-18-13-20(22-14-24(29)16-26-15-22)3-4-21(18)17-27-9-11-28(12-10-27)23-7-5-19(6-8-23)25(30)31/h3-8,13-16,29H,2,9-12,17H2,1H3,(H,30,31). The number of carbonyl (C=O) groups is 1. The largest absolute Gasteiger partial charge is 0.506 e. The number of anilines is 1. The highest BCUT2D eigenvalue weighted by molar-refractivity contribution is 5.88. The van der Waals surface area contributed by atoms with Crippen LogP contribution in [0.25, 0.3) is 11.1 Å². The van der Waals surface area contributed by atoms with Crippen LogP contribution in [-0.2, 0) is 13.0 Å². The molecular formula is C25H27N3O3. The van der Waals surface area contributed by atoms with E-state index in [4.69, 9.17) is 5.11 Å². The summed E-state index contributed by atoms with van der Waals surface area (Å²) < 4.78 is 0. The van der Waals surface area contributed by atoms with E-state index in [1.807, 2.05) is 12.1 Å². The van der Waals surface area contributed by atoms with E-state index in [1.165, 1.54) is 17.3 Å². The van der Waals surface area contributed by atoms with Crippen molar-refractivity contribution in [3.63, 3.8) is 0 Å². The maximum Gasteiger partial charge on any atom is 0.335 e. The van der Waals surface area contributed by atoms with Crippen LogP contribution < -0.4 is 4.90 Å². The molecule has 0 saturated carbocycles. The van der Waals surface area contributed by atoms with Gasteiger partial charge >= 0.3 is 5.97 Å². The Hall–Kier alpha value is -3.38. The van der Waals surface area contributed by atoms with Gasteiger partial charge in [0.15, 0.2) is 0 Å². The van der Waals surface area contributed by atoms with Crippen LogP contribution in [0.4, 0.5) is 5.69 Å². The molecule has 1 aliphatic rings. The Labute approximate surface area is 182 Å². The van der Waals surface area contributed by atoms with Crippen molar-refractivity contribution in [2.75, 3.05) is 31.1 Å². The summed E-state index contributed by atoms with van der Waals surface area (Å²) >= 11 is 0. The number of hydrogen-bond acceptors (Lipinski definition) is 5. The van der Waals surface area contributed by atoms with Crippen LogP contribution in [0.15, 0.2) is 60.9 Å². The van der Waals surface area contributed by atoms with Crippen molar-refractivity contribution in [1.29, 1.82) is 0 Å². The summed E-state index contributed by atoms with van der Waals surface area (Å²) in [6, 6.07) is 15.4. The number of hydrogen-bond donors (Lipinski definition) is 2. The zero-order chi connectivity index (χ0) is 21.8. The Morgan fingerprint density at radius 1 is 0.935 bits per heavy atom. The molecule has 2 N–H and O–H groups in total. The van der Waals surface area contributed by atoms with E-state index in [2.05, 4.69) is 39.9 Å². The highest BCUT2D eigenvalue weighted by Crippen LogP contribution is 2.26. The lowest BCUT2D eigenvalue weighted by Crippen LogP contribution is -2.46. The maximum absolute atomic E-state index is 11.0. The number of carboxylic acid groups (broad SMARTS) is 1. The average molecular weight is 418 g/mol. The van der Waals surface area contributed by atoms with Gasteiger partial charge in [0.25, 0.3) is 0 Å². The number of aromatic carboxylic acids is 1. The minimum absolute atomic E-state index is 0.176. The van der Waals surface area contributed by atoms with Crippen molar-refractivity contribution in [2.24, 2.45) is 0 Å². The number of carboxylic acids is 1. The molecular weight excluding hydrogens is 390 g/mol. The third-order valence-corrected chi connectivity index (χ3v) is 5.89. The first-order valence-corrected chi connectivity index (χ1v) is 10.6. The summed E-state index contributed by atoms with van der Waals surface area (Å²) in [5.74, 6) is -0.718. The summed E-state index contributed by atoms with van der Waals surface area (Å²) in [4.78, 5) is 19.9. The number of aromatic nitrogens is 1. The van der Waals surface area contributed by atoms with Crippen molar-refractivity contribution >= 4 is 11.7 Å². The van der Waals surface area contributed by atoms with Crippen LogP contribution in [0.3, 0.4) is 0 Å². The van der Waals surface area contributed by atoms with Gasteiger partial charge in [-0.3, -0.25) is 9.88 Å². The lowest BCUT2D eigenvalue weighted by atomic mass is 9.98. The number of benzene rings is 2. The zero-order valence-electron chi connectivity index (χ0n) is 17.7. The van der Waals surface area contributed by atoms with Crippen LogP contribution in [0, 0.1) is 0 Å². The van der Waals surface area contributed by atoms with Crippen molar-refractivity contribution in [1.82, 2.24) is 9.88 Å². The van der Waals surface area contributed by atoms with Gasteiger partial charge in [0.05, 0.1) is 11.8 Å². The Kier molecular flexibility index (Phi) is 6.18. The molecule has 1 fully saturated rings. The Morgan fingerprint density at radius 2 is 1.68 bits per heavy atom. The van der Waals surface area contributed by atoms with E-state index in [1.54, 1.807) is 24.4 Å². The highest BCUT2D eigenvalue weighted by atomic mass is 16.4. The second kappa shape index (κ2) is 9.18. The molecule has 1 aliphatic heterocycles. The molecule has 0 radical (unpaired) electrons. The molecule has 6 heteroatoms. The number of rotatable bonds is 6. The van der Waals surface area contributed by atoms with E-state index in [-0.39, 0.29) is 5.75 Å². The van der Waals surface area contributed by atoms with Crippen LogP contribution in [0.5, 0.6) is 5.75 Å². The predicted octanol–water partition coefficient (Wildman–Crippen LogP) is 4.04.